The van der Waals surface area contributed by atoms with Gasteiger partial charge >= 0.3 is 5.97 Å². The van der Waals surface area contributed by atoms with Crippen molar-refractivity contribution >= 4 is 16.1 Å². The molecule has 0 fully saturated rings. The fourth-order valence-electron chi connectivity index (χ4n) is 1.66. The minimum Gasteiger partial charge on any atom is -0.744 e. The standard InChI is InChI=1S/C14H12O5S.C3H9N/c15-14(10-11-6-2-1-3-7-11)19-12-8-4-5-9-13(12)20(16,17)18;1-4(2)3/h1-9H,10H2,(H,16,17,18);1-3H3. The lowest BCUT2D eigenvalue weighted by atomic mass is 10.2. The topological polar surface area (TPSA) is 87.9 Å². The van der Waals surface area contributed by atoms with Gasteiger partial charge in [0.1, 0.15) is 15.9 Å². The molecule has 0 saturated carbocycles. The van der Waals surface area contributed by atoms with Crippen LogP contribution in [-0.4, -0.2) is 40.1 Å². The predicted molar refractivity (Wildman–Crippen MR) is 88.9 cm³/mol. The van der Waals surface area contributed by atoms with Crippen molar-refractivity contribution in [3.8, 4) is 5.75 Å². The number of ether oxygens (including phenoxy) is 1. The number of carbonyl (C=O) groups is 1. The molecule has 0 aliphatic heterocycles. The Kier molecular flexibility index (Phi) is 7.57. The molecule has 0 saturated heterocycles. The van der Waals surface area contributed by atoms with Gasteiger partial charge in [-0.2, -0.15) is 0 Å². The normalized spacial score (nSPS) is 10.7. The number of esters is 1. The van der Waals surface area contributed by atoms with Crippen LogP contribution in [0, 0.1) is 0 Å². The van der Waals surface area contributed by atoms with Crippen molar-refractivity contribution in [2.45, 2.75) is 11.3 Å². The number of quaternary nitrogens is 1. The van der Waals surface area contributed by atoms with Gasteiger partial charge in [-0.3, -0.25) is 4.79 Å². The first-order valence-corrected chi connectivity index (χ1v) is 8.67. The average molecular weight is 351 g/mol. The van der Waals surface area contributed by atoms with Crippen LogP contribution < -0.4 is 9.64 Å². The molecule has 0 aliphatic rings. The molecule has 0 aliphatic carbocycles. The van der Waals surface area contributed by atoms with E-state index in [4.69, 9.17) is 4.74 Å². The van der Waals surface area contributed by atoms with Crippen LogP contribution in [0.5, 0.6) is 5.75 Å². The lowest BCUT2D eigenvalue weighted by molar-refractivity contribution is -0.836. The van der Waals surface area contributed by atoms with Crippen LogP contribution in [0.15, 0.2) is 59.5 Å². The van der Waals surface area contributed by atoms with Crippen LogP contribution in [0.4, 0.5) is 0 Å². The van der Waals surface area contributed by atoms with Crippen molar-refractivity contribution in [1.82, 2.24) is 0 Å². The maximum Gasteiger partial charge on any atom is 0.315 e. The first-order chi connectivity index (χ1) is 11.2. The molecule has 0 unspecified atom stereocenters. The summed E-state index contributed by atoms with van der Waals surface area (Å²) in [5.41, 5.74) is 0.736. The summed E-state index contributed by atoms with van der Waals surface area (Å²) >= 11 is 0. The first-order valence-electron chi connectivity index (χ1n) is 7.26. The predicted octanol–water partition coefficient (Wildman–Crippen LogP) is 0.500. The monoisotopic (exact) mass is 351 g/mol. The van der Waals surface area contributed by atoms with E-state index < -0.39 is 21.0 Å². The Morgan fingerprint density at radius 1 is 1.00 bits per heavy atom. The Balaban J connectivity index is 0.000000648. The molecular formula is C17H21NO5S. The fraction of sp³-hybridized carbons (Fsp3) is 0.235. The van der Waals surface area contributed by atoms with Crippen LogP contribution in [0.1, 0.15) is 5.56 Å². The molecule has 0 spiro atoms. The van der Waals surface area contributed by atoms with Crippen molar-refractivity contribution in [1.29, 1.82) is 0 Å². The lowest BCUT2D eigenvalue weighted by Gasteiger charge is -2.12. The molecule has 0 heterocycles. The van der Waals surface area contributed by atoms with E-state index in [0.29, 0.717) is 0 Å². The van der Waals surface area contributed by atoms with Crippen molar-refractivity contribution in [2.24, 2.45) is 0 Å². The van der Waals surface area contributed by atoms with Crippen LogP contribution in [-0.2, 0) is 21.3 Å². The molecule has 0 amide bonds. The third-order valence-electron chi connectivity index (χ3n) is 2.53. The average Bonchev–Trinajstić information content (AvgIpc) is 2.47. The van der Waals surface area contributed by atoms with Gasteiger partial charge in [0.05, 0.1) is 32.5 Å². The Hall–Kier alpha value is -2.22. The van der Waals surface area contributed by atoms with Crippen molar-refractivity contribution < 1.29 is 27.4 Å². The van der Waals surface area contributed by atoms with Crippen molar-refractivity contribution in [3.05, 3.63) is 60.2 Å². The van der Waals surface area contributed by atoms with Crippen LogP contribution in [0.3, 0.4) is 0 Å². The van der Waals surface area contributed by atoms with E-state index in [2.05, 4.69) is 21.1 Å². The van der Waals surface area contributed by atoms with Gasteiger partial charge in [0, 0.05) is 0 Å². The second kappa shape index (κ2) is 9.17. The Morgan fingerprint density at radius 2 is 1.50 bits per heavy atom. The minimum atomic E-state index is -4.68. The maximum atomic E-state index is 11.7. The summed E-state index contributed by atoms with van der Waals surface area (Å²) in [5, 5.41) is 0. The minimum absolute atomic E-state index is 0.00587. The number of para-hydroxylation sites is 1. The van der Waals surface area contributed by atoms with Gasteiger partial charge in [-0.25, -0.2) is 8.42 Å². The zero-order valence-corrected chi connectivity index (χ0v) is 14.7. The van der Waals surface area contributed by atoms with E-state index in [1.165, 1.54) is 23.1 Å². The van der Waals surface area contributed by atoms with E-state index in [-0.39, 0.29) is 12.2 Å². The molecule has 2 aromatic carbocycles. The molecule has 7 heteroatoms. The number of hydrogen-bond donors (Lipinski definition) is 1. The molecule has 6 nitrogen and oxygen atoms in total. The van der Waals surface area contributed by atoms with Gasteiger partial charge in [0.25, 0.3) is 0 Å². The second-order valence-electron chi connectivity index (χ2n) is 5.54. The highest BCUT2D eigenvalue weighted by atomic mass is 32.2. The van der Waals surface area contributed by atoms with Crippen molar-refractivity contribution in [3.63, 3.8) is 0 Å². The van der Waals surface area contributed by atoms with Crippen LogP contribution in [0.2, 0.25) is 0 Å². The zero-order valence-electron chi connectivity index (χ0n) is 13.9. The van der Waals surface area contributed by atoms with E-state index in [9.17, 15) is 17.8 Å². The van der Waals surface area contributed by atoms with Gasteiger partial charge in [0.2, 0.25) is 0 Å². The highest BCUT2D eigenvalue weighted by molar-refractivity contribution is 7.85. The van der Waals surface area contributed by atoms with E-state index >= 15 is 0 Å². The third kappa shape index (κ3) is 7.36. The summed E-state index contributed by atoms with van der Waals surface area (Å²) < 4.78 is 38.1. The molecule has 0 bridgehead atoms. The molecule has 0 radical (unpaired) electrons. The van der Waals surface area contributed by atoms with Gasteiger partial charge < -0.3 is 14.2 Å². The van der Waals surface area contributed by atoms with Gasteiger partial charge in [-0.05, 0) is 17.7 Å². The molecule has 0 atom stereocenters. The quantitative estimate of drug-likeness (QED) is 0.492. The summed E-state index contributed by atoms with van der Waals surface area (Å²) in [6, 6.07) is 14.1. The summed E-state index contributed by atoms with van der Waals surface area (Å²) in [7, 11) is 1.57. The van der Waals surface area contributed by atoms with E-state index in [1.54, 1.807) is 24.3 Å². The van der Waals surface area contributed by atoms with Gasteiger partial charge in [-0.1, -0.05) is 42.5 Å². The molecule has 0 aromatic heterocycles. The Bertz CT molecular complexity index is 755. The summed E-state index contributed by atoms with van der Waals surface area (Å²) in [5.74, 6) is -0.879. The van der Waals surface area contributed by atoms with Crippen LogP contribution >= 0.6 is 0 Å². The number of nitrogens with one attached hydrogen (secondary N) is 1. The SMILES string of the molecule is C[NH+](C)C.O=C(Cc1ccccc1)Oc1ccccc1S(=O)(=O)[O-]. The second-order valence-corrected chi connectivity index (χ2v) is 6.89. The van der Waals surface area contributed by atoms with Crippen LogP contribution in [0.25, 0.3) is 0 Å². The smallest absolute Gasteiger partial charge is 0.315 e. The molecule has 1 N–H and O–H groups in total. The summed E-state index contributed by atoms with van der Waals surface area (Å²) in [6.45, 7) is 0. The number of benzene rings is 2. The highest BCUT2D eigenvalue weighted by Crippen LogP contribution is 2.23. The Morgan fingerprint density at radius 3 is 2.04 bits per heavy atom. The lowest BCUT2D eigenvalue weighted by Crippen LogP contribution is -3.02. The largest absolute Gasteiger partial charge is 0.744 e. The molecule has 2 rings (SSSR count). The van der Waals surface area contributed by atoms with Gasteiger partial charge in [0.15, 0.2) is 0 Å². The van der Waals surface area contributed by atoms with Gasteiger partial charge in [-0.15, -0.1) is 0 Å². The molecular weight excluding hydrogens is 330 g/mol. The number of rotatable bonds is 4. The summed E-state index contributed by atoms with van der Waals surface area (Å²) in [6.07, 6.45) is -0.00587. The number of hydrogen-bond acceptors (Lipinski definition) is 5. The molecule has 2 aromatic rings. The highest BCUT2D eigenvalue weighted by Gasteiger charge is 2.13. The fourth-order valence-corrected chi connectivity index (χ4v) is 2.26. The first kappa shape index (κ1) is 19.8. The summed E-state index contributed by atoms with van der Waals surface area (Å²) in [4.78, 5) is 12.6. The van der Waals surface area contributed by atoms with E-state index in [1.807, 2.05) is 6.07 Å². The third-order valence-corrected chi connectivity index (χ3v) is 3.41. The van der Waals surface area contributed by atoms with Crippen molar-refractivity contribution in [2.75, 3.05) is 21.1 Å². The molecule has 130 valence electrons. The number of carbonyl (C=O) groups excluding carboxylic acids is 1. The Labute approximate surface area is 142 Å². The molecule has 24 heavy (non-hydrogen) atoms. The zero-order chi connectivity index (χ0) is 18.2. The van der Waals surface area contributed by atoms with E-state index in [0.717, 1.165) is 11.6 Å². The maximum absolute atomic E-state index is 11.7.